The first-order valence-corrected chi connectivity index (χ1v) is 6.54. The van der Waals surface area contributed by atoms with Gasteiger partial charge in [0.05, 0.1) is 7.11 Å². The molecule has 0 atom stereocenters. The molecular weight excluding hydrogens is 273 g/mol. The van der Waals surface area contributed by atoms with Crippen LogP contribution in [-0.4, -0.2) is 34.7 Å². The molecule has 0 fully saturated rings. The number of benzene rings is 1. The number of hydroxylamine groups is 2. The SMILES string of the molecule is CON(C)C(=O)c1nc(C)n(Cc2ccc(F)cc2)c1C. The van der Waals surface area contributed by atoms with E-state index in [4.69, 9.17) is 4.84 Å². The molecule has 1 amide bonds. The highest BCUT2D eigenvalue weighted by molar-refractivity contribution is 5.92. The van der Waals surface area contributed by atoms with Gasteiger partial charge in [0, 0.05) is 19.3 Å². The standard InChI is InChI=1S/C15H18FN3O2/c1-10-14(15(20)18(3)21-4)17-11(2)19(10)9-12-5-7-13(16)8-6-12/h5-8H,9H2,1-4H3. The number of hydrogen-bond donors (Lipinski definition) is 0. The van der Waals surface area contributed by atoms with Gasteiger partial charge in [0.15, 0.2) is 5.69 Å². The summed E-state index contributed by atoms with van der Waals surface area (Å²) < 4.78 is 14.9. The van der Waals surface area contributed by atoms with Gasteiger partial charge in [-0.2, -0.15) is 0 Å². The first-order chi connectivity index (χ1) is 9.93. The van der Waals surface area contributed by atoms with Gasteiger partial charge >= 0.3 is 0 Å². The van der Waals surface area contributed by atoms with Gasteiger partial charge < -0.3 is 4.57 Å². The Hall–Kier alpha value is -2.21. The molecule has 0 N–H and O–H groups in total. The van der Waals surface area contributed by atoms with Crippen molar-refractivity contribution in [2.24, 2.45) is 0 Å². The molecular formula is C15H18FN3O2. The lowest BCUT2D eigenvalue weighted by atomic mass is 10.2. The summed E-state index contributed by atoms with van der Waals surface area (Å²) in [5, 5.41) is 1.14. The summed E-state index contributed by atoms with van der Waals surface area (Å²) in [5.74, 6) is 0.163. The average Bonchev–Trinajstić information content (AvgIpc) is 2.76. The van der Waals surface area contributed by atoms with Crippen molar-refractivity contribution in [2.75, 3.05) is 14.2 Å². The van der Waals surface area contributed by atoms with Crippen molar-refractivity contribution in [3.05, 3.63) is 52.9 Å². The van der Waals surface area contributed by atoms with Gasteiger partial charge in [0.25, 0.3) is 5.91 Å². The summed E-state index contributed by atoms with van der Waals surface area (Å²) in [6.07, 6.45) is 0. The van der Waals surface area contributed by atoms with Crippen molar-refractivity contribution in [2.45, 2.75) is 20.4 Å². The first kappa shape index (κ1) is 15.2. The Bertz CT molecular complexity index is 650. The molecule has 21 heavy (non-hydrogen) atoms. The molecule has 112 valence electrons. The number of amides is 1. The molecule has 0 spiro atoms. The highest BCUT2D eigenvalue weighted by Gasteiger charge is 2.21. The van der Waals surface area contributed by atoms with E-state index in [1.807, 2.05) is 18.4 Å². The number of rotatable bonds is 4. The van der Waals surface area contributed by atoms with Crippen molar-refractivity contribution in [1.82, 2.24) is 14.6 Å². The third-order valence-corrected chi connectivity index (χ3v) is 3.43. The summed E-state index contributed by atoms with van der Waals surface area (Å²) >= 11 is 0. The summed E-state index contributed by atoms with van der Waals surface area (Å²) in [6, 6.07) is 6.28. The maximum atomic E-state index is 12.9. The van der Waals surface area contributed by atoms with Crippen LogP contribution in [0.4, 0.5) is 4.39 Å². The van der Waals surface area contributed by atoms with Crippen molar-refractivity contribution < 1.29 is 14.0 Å². The van der Waals surface area contributed by atoms with E-state index in [2.05, 4.69) is 4.98 Å². The molecule has 1 aromatic heterocycles. The number of carbonyl (C=O) groups excluding carboxylic acids is 1. The second kappa shape index (κ2) is 6.05. The minimum absolute atomic E-state index is 0.268. The van der Waals surface area contributed by atoms with Crippen LogP contribution < -0.4 is 0 Å². The van der Waals surface area contributed by atoms with E-state index >= 15 is 0 Å². The number of hydrogen-bond acceptors (Lipinski definition) is 3. The van der Waals surface area contributed by atoms with Crippen molar-refractivity contribution in [3.8, 4) is 0 Å². The number of halogens is 1. The van der Waals surface area contributed by atoms with Gasteiger partial charge in [-0.15, -0.1) is 0 Å². The topological polar surface area (TPSA) is 47.4 Å². The summed E-state index contributed by atoms with van der Waals surface area (Å²) in [6.45, 7) is 4.20. The van der Waals surface area contributed by atoms with Crippen LogP contribution in [-0.2, 0) is 11.4 Å². The van der Waals surface area contributed by atoms with Gasteiger partial charge in [0.1, 0.15) is 11.6 Å². The molecule has 1 aromatic carbocycles. The maximum absolute atomic E-state index is 12.9. The molecule has 0 saturated carbocycles. The zero-order valence-corrected chi connectivity index (χ0v) is 12.6. The quantitative estimate of drug-likeness (QED) is 0.812. The molecule has 2 aromatic rings. The smallest absolute Gasteiger partial charge is 0.297 e. The summed E-state index contributed by atoms with van der Waals surface area (Å²) in [4.78, 5) is 21.3. The van der Waals surface area contributed by atoms with Crippen LogP contribution >= 0.6 is 0 Å². The molecule has 0 aliphatic carbocycles. The number of aryl methyl sites for hydroxylation is 1. The fourth-order valence-corrected chi connectivity index (χ4v) is 2.11. The average molecular weight is 291 g/mol. The second-order valence-corrected chi connectivity index (χ2v) is 4.79. The fourth-order valence-electron chi connectivity index (χ4n) is 2.11. The van der Waals surface area contributed by atoms with Crippen molar-refractivity contribution in [3.63, 3.8) is 0 Å². The maximum Gasteiger partial charge on any atom is 0.297 e. The van der Waals surface area contributed by atoms with E-state index in [1.165, 1.54) is 26.3 Å². The number of carbonyl (C=O) groups is 1. The molecule has 0 saturated heterocycles. The second-order valence-electron chi connectivity index (χ2n) is 4.79. The Kier molecular flexibility index (Phi) is 4.37. The van der Waals surface area contributed by atoms with Crippen LogP contribution in [0.25, 0.3) is 0 Å². The van der Waals surface area contributed by atoms with Gasteiger partial charge in [-0.1, -0.05) is 12.1 Å². The molecule has 0 unspecified atom stereocenters. The van der Waals surface area contributed by atoms with E-state index in [-0.39, 0.29) is 11.7 Å². The predicted molar refractivity (Wildman–Crippen MR) is 76.3 cm³/mol. The fraction of sp³-hybridized carbons (Fsp3) is 0.333. The molecule has 0 aliphatic rings. The molecule has 1 heterocycles. The first-order valence-electron chi connectivity index (χ1n) is 6.54. The van der Waals surface area contributed by atoms with E-state index in [0.717, 1.165) is 22.1 Å². The van der Waals surface area contributed by atoms with Crippen molar-refractivity contribution >= 4 is 5.91 Å². The third kappa shape index (κ3) is 3.11. The summed E-state index contributed by atoms with van der Waals surface area (Å²) in [7, 11) is 2.96. The third-order valence-electron chi connectivity index (χ3n) is 3.43. The van der Waals surface area contributed by atoms with Crippen LogP contribution in [0, 0.1) is 19.7 Å². The molecule has 5 nitrogen and oxygen atoms in total. The highest BCUT2D eigenvalue weighted by Crippen LogP contribution is 2.15. The van der Waals surface area contributed by atoms with Gasteiger partial charge in [-0.25, -0.2) is 14.4 Å². The molecule has 0 aliphatic heterocycles. The van der Waals surface area contributed by atoms with Crippen molar-refractivity contribution in [1.29, 1.82) is 0 Å². The van der Waals surface area contributed by atoms with Crippen LogP contribution in [0.3, 0.4) is 0 Å². The molecule has 0 bridgehead atoms. The molecule has 0 radical (unpaired) electrons. The molecule has 6 heteroatoms. The lowest BCUT2D eigenvalue weighted by Crippen LogP contribution is -2.26. The van der Waals surface area contributed by atoms with E-state index in [1.54, 1.807) is 12.1 Å². The van der Waals surface area contributed by atoms with Gasteiger partial charge in [-0.05, 0) is 31.5 Å². The number of aromatic nitrogens is 2. The normalized spacial score (nSPS) is 10.7. The van der Waals surface area contributed by atoms with Gasteiger partial charge in [-0.3, -0.25) is 9.63 Å². The van der Waals surface area contributed by atoms with Crippen LogP contribution in [0.1, 0.15) is 27.6 Å². The van der Waals surface area contributed by atoms with E-state index < -0.39 is 0 Å². The Morgan fingerprint density at radius 2 is 1.95 bits per heavy atom. The van der Waals surface area contributed by atoms with Crippen LogP contribution in [0.15, 0.2) is 24.3 Å². The highest BCUT2D eigenvalue weighted by atomic mass is 19.1. The number of nitrogens with zero attached hydrogens (tertiary/aromatic N) is 3. The lowest BCUT2D eigenvalue weighted by Gasteiger charge is -2.13. The zero-order chi connectivity index (χ0) is 15.6. The molecule has 2 rings (SSSR count). The Morgan fingerprint density at radius 1 is 1.33 bits per heavy atom. The minimum atomic E-state index is -0.295. The number of imidazole rings is 1. The monoisotopic (exact) mass is 291 g/mol. The lowest BCUT2D eigenvalue weighted by molar-refractivity contribution is -0.0760. The Balaban J connectivity index is 2.31. The van der Waals surface area contributed by atoms with E-state index in [0.29, 0.717) is 12.2 Å². The predicted octanol–water partition coefficient (Wildman–Crippen LogP) is 2.32. The Morgan fingerprint density at radius 3 is 2.52 bits per heavy atom. The van der Waals surface area contributed by atoms with Crippen LogP contribution in [0.2, 0.25) is 0 Å². The largest absolute Gasteiger partial charge is 0.327 e. The Labute approximate surface area is 122 Å². The zero-order valence-electron chi connectivity index (χ0n) is 12.6. The van der Waals surface area contributed by atoms with Crippen LogP contribution in [0.5, 0.6) is 0 Å². The van der Waals surface area contributed by atoms with E-state index in [9.17, 15) is 9.18 Å². The minimum Gasteiger partial charge on any atom is -0.327 e. The summed E-state index contributed by atoms with van der Waals surface area (Å²) in [5.41, 5.74) is 2.06. The van der Waals surface area contributed by atoms with Gasteiger partial charge in [0.2, 0.25) is 0 Å².